The molecule has 36 heavy (non-hydrogen) atoms. The van der Waals surface area contributed by atoms with Gasteiger partial charge in [0.2, 0.25) is 0 Å². The highest BCUT2D eigenvalue weighted by molar-refractivity contribution is 6.46. The van der Waals surface area contributed by atoms with Crippen LogP contribution >= 0.6 is 0 Å². The number of aliphatic hydroxyl groups is 1. The van der Waals surface area contributed by atoms with Crippen LogP contribution in [0.25, 0.3) is 5.76 Å². The lowest BCUT2D eigenvalue weighted by Crippen LogP contribution is -2.33. The van der Waals surface area contributed by atoms with Crippen molar-refractivity contribution in [1.82, 2.24) is 9.80 Å². The van der Waals surface area contributed by atoms with Gasteiger partial charge >= 0.3 is 0 Å². The van der Waals surface area contributed by atoms with Gasteiger partial charge in [0.05, 0.1) is 16.5 Å². The summed E-state index contributed by atoms with van der Waals surface area (Å²) < 4.78 is 11.1. The number of fused-ring (bicyclic) bond motifs is 1. The fraction of sp³-hybridized carbons (Fsp3) is 0.385. The number of amides is 1. The zero-order chi connectivity index (χ0) is 25.8. The van der Waals surface area contributed by atoms with Gasteiger partial charge in [0.25, 0.3) is 17.4 Å². The van der Waals surface area contributed by atoms with Crippen molar-refractivity contribution in [2.75, 3.05) is 39.4 Å². The van der Waals surface area contributed by atoms with Crippen LogP contribution in [-0.2, 0) is 9.59 Å². The standard InChI is InChI=1S/C26H29N3O7/c1-3-27(4-2)11-6-12-28-23(17-7-5-8-19(15-17)29(33)34)22(25(31)26(28)32)24(30)18-9-10-20-21(16-18)36-14-13-35-20/h5,7-10,15-16,23,30H,3-4,6,11-14H2,1-2H3/b24-22+/t23-/m1/s1. The van der Waals surface area contributed by atoms with Gasteiger partial charge in [-0.05, 0) is 49.8 Å². The lowest BCUT2D eigenvalue weighted by atomic mass is 9.94. The zero-order valence-electron chi connectivity index (χ0n) is 20.3. The van der Waals surface area contributed by atoms with E-state index in [2.05, 4.69) is 4.90 Å². The smallest absolute Gasteiger partial charge is 0.295 e. The average molecular weight is 496 g/mol. The van der Waals surface area contributed by atoms with Crippen LogP contribution < -0.4 is 9.47 Å². The predicted molar refractivity (Wildman–Crippen MR) is 132 cm³/mol. The van der Waals surface area contributed by atoms with Gasteiger partial charge in [0, 0.05) is 24.2 Å². The van der Waals surface area contributed by atoms with E-state index in [0.29, 0.717) is 36.7 Å². The van der Waals surface area contributed by atoms with E-state index in [1.54, 1.807) is 24.3 Å². The lowest BCUT2D eigenvalue weighted by molar-refractivity contribution is -0.384. The van der Waals surface area contributed by atoms with Gasteiger partial charge in [-0.2, -0.15) is 0 Å². The molecular weight excluding hydrogens is 466 g/mol. The minimum atomic E-state index is -0.963. The number of carbonyl (C=O) groups is 2. The number of benzene rings is 2. The van der Waals surface area contributed by atoms with Gasteiger partial charge in [0.1, 0.15) is 19.0 Å². The molecule has 10 heteroatoms. The summed E-state index contributed by atoms with van der Waals surface area (Å²) in [6.45, 7) is 7.54. The van der Waals surface area contributed by atoms with Gasteiger partial charge < -0.3 is 24.4 Å². The fourth-order valence-electron chi connectivity index (χ4n) is 4.62. The zero-order valence-corrected chi connectivity index (χ0v) is 20.3. The Morgan fingerprint density at radius 3 is 2.53 bits per heavy atom. The second-order valence-electron chi connectivity index (χ2n) is 8.58. The summed E-state index contributed by atoms with van der Waals surface area (Å²) in [7, 11) is 0. The second-order valence-corrected chi connectivity index (χ2v) is 8.58. The van der Waals surface area contributed by atoms with Crippen LogP contribution in [-0.4, -0.2) is 70.9 Å². The van der Waals surface area contributed by atoms with E-state index < -0.39 is 22.7 Å². The van der Waals surface area contributed by atoms with E-state index in [9.17, 15) is 24.8 Å². The first kappa shape index (κ1) is 25.2. The summed E-state index contributed by atoms with van der Waals surface area (Å²) >= 11 is 0. The molecule has 1 saturated heterocycles. The molecule has 0 spiro atoms. The molecule has 2 aromatic carbocycles. The molecule has 4 rings (SSSR count). The number of nitrogens with zero attached hydrogens (tertiary/aromatic N) is 3. The molecule has 0 aromatic heterocycles. The third-order valence-electron chi connectivity index (χ3n) is 6.52. The number of nitro groups is 1. The molecule has 1 fully saturated rings. The highest BCUT2D eigenvalue weighted by Crippen LogP contribution is 2.41. The van der Waals surface area contributed by atoms with Crippen molar-refractivity contribution in [2.45, 2.75) is 26.3 Å². The summed E-state index contributed by atoms with van der Waals surface area (Å²) in [4.78, 5) is 40.9. The molecule has 0 aliphatic carbocycles. The Morgan fingerprint density at radius 1 is 1.11 bits per heavy atom. The number of ether oxygens (including phenoxy) is 2. The van der Waals surface area contributed by atoms with E-state index in [-0.39, 0.29) is 29.1 Å². The molecule has 1 atom stereocenters. The molecule has 1 N–H and O–H groups in total. The van der Waals surface area contributed by atoms with Gasteiger partial charge in [-0.25, -0.2) is 0 Å². The third-order valence-corrected chi connectivity index (χ3v) is 6.52. The number of carbonyl (C=O) groups excluding carboxylic acids is 2. The average Bonchev–Trinajstić information content (AvgIpc) is 3.15. The Hall–Kier alpha value is -3.92. The van der Waals surface area contributed by atoms with E-state index in [0.717, 1.165) is 19.6 Å². The summed E-state index contributed by atoms with van der Waals surface area (Å²) in [6, 6.07) is 9.62. The molecule has 0 bridgehead atoms. The minimum Gasteiger partial charge on any atom is -0.507 e. The Balaban J connectivity index is 1.77. The molecule has 0 radical (unpaired) electrons. The summed E-state index contributed by atoms with van der Waals surface area (Å²) in [5, 5.41) is 22.7. The Labute approximate surface area is 208 Å². The van der Waals surface area contributed by atoms with Crippen LogP contribution in [0.5, 0.6) is 11.5 Å². The molecule has 1 amide bonds. The van der Waals surface area contributed by atoms with E-state index in [4.69, 9.17) is 9.47 Å². The Bertz CT molecular complexity index is 1210. The number of Topliss-reactive ketones (excluding diaryl/α,β-unsaturated/α-hetero) is 1. The minimum absolute atomic E-state index is 0.111. The quantitative estimate of drug-likeness (QED) is 0.184. The van der Waals surface area contributed by atoms with Crippen LogP contribution in [0.4, 0.5) is 5.69 Å². The molecular formula is C26H29N3O7. The number of hydrogen-bond donors (Lipinski definition) is 1. The first-order valence-electron chi connectivity index (χ1n) is 12.0. The molecule has 0 unspecified atom stereocenters. The first-order chi connectivity index (χ1) is 17.3. The number of likely N-dealkylation sites (tertiary alicyclic amines) is 1. The van der Waals surface area contributed by atoms with Crippen LogP contribution in [0.2, 0.25) is 0 Å². The van der Waals surface area contributed by atoms with Crippen molar-refractivity contribution in [2.24, 2.45) is 0 Å². The Kier molecular flexibility index (Phi) is 7.54. The van der Waals surface area contributed by atoms with Gasteiger partial charge in [-0.15, -0.1) is 0 Å². The largest absolute Gasteiger partial charge is 0.507 e. The van der Waals surface area contributed by atoms with Crippen molar-refractivity contribution in [3.05, 3.63) is 69.3 Å². The van der Waals surface area contributed by atoms with Crippen molar-refractivity contribution in [3.8, 4) is 11.5 Å². The molecule has 0 saturated carbocycles. The van der Waals surface area contributed by atoms with E-state index in [1.807, 2.05) is 13.8 Å². The van der Waals surface area contributed by atoms with Crippen molar-refractivity contribution in [3.63, 3.8) is 0 Å². The van der Waals surface area contributed by atoms with Crippen LogP contribution in [0.3, 0.4) is 0 Å². The van der Waals surface area contributed by atoms with Gasteiger partial charge in [-0.3, -0.25) is 19.7 Å². The second kappa shape index (κ2) is 10.8. The number of rotatable bonds is 9. The number of hydrogen-bond acceptors (Lipinski definition) is 8. The SMILES string of the molecule is CCN(CC)CCCN1C(=O)C(=O)/C(=C(/O)c2ccc3c(c2)OCCO3)[C@H]1c1cccc([N+](=O)[O-])c1. The first-order valence-corrected chi connectivity index (χ1v) is 12.0. The van der Waals surface area contributed by atoms with Crippen LogP contribution in [0.1, 0.15) is 37.4 Å². The summed E-state index contributed by atoms with van der Waals surface area (Å²) in [5.41, 5.74) is 0.390. The van der Waals surface area contributed by atoms with Crippen LogP contribution in [0, 0.1) is 10.1 Å². The van der Waals surface area contributed by atoms with Gasteiger partial charge in [0.15, 0.2) is 11.5 Å². The number of nitro benzene ring substituents is 1. The lowest BCUT2D eigenvalue weighted by Gasteiger charge is -2.26. The van der Waals surface area contributed by atoms with Crippen molar-refractivity contribution < 1.29 is 29.1 Å². The number of aliphatic hydroxyl groups excluding tert-OH is 1. The predicted octanol–water partition coefficient (Wildman–Crippen LogP) is 3.52. The van der Waals surface area contributed by atoms with E-state index >= 15 is 0 Å². The normalized spacial score (nSPS) is 18.6. The maximum absolute atomic E-state index is 13.2. The molecule has 10 nitrogen and oxygen atoms in total. The van der Waals surface area contributed by atoms with Crippen molar-refractivity contribution in [1.29, 1.82) is 0 Å². The van der Waals surface area contributed by atoms with Crippen LogP contribution in [0.15, 0.2) is 48.0 Å². The topological polar surface area (TPSA) is 122 Å². The molecule has 2 aliphatic heterocycles. The molecule has 2 heterocycles. The fourth-order valence-corrected chi connectivity index (χ4v) is 4.62. The van der Waals surface area contributed by atoms with E-state index in [1.165, 1.54) is 23.1 Å². The highest BCUT2D eigenvalue weighted by Gasteiger charge is 2.46. The molecule has 2 aliphatic rings. The highest BCUT2D eigenvalue weighted by atomic mass is 16.6. The monoisotopic (exact) mass is 495 g/mol. The number of non-ortho nitro benzene ring substituents is 1. The third kappa shape index (κ3) is 4.90. The van der Waals surface area contributed by atoms with Gasteiger partial charge in [-0.1, -0.05) is 26.0 Å². The molecule has 2 aromatic rings. The maximum Gasteiger partial charge on any atom is 0.295 e. The Morgan fingerprint density at radius 2 is 1.83 bits per heavy atom. The van der Waals surface area contributed by atoms with Crippen molar-refractivity contribution >= 4 is 23.1 Å². The molecule has 190 valence electrons. The number of ketones is 1. The summed E-state index contributed by atoms with van der Waals surface area (Å²) in [5.74, 6) is -1.00. The summed E-state index contributed by atoms with van der Waals surface area (Å²) in [6.07, 6.45) is 0.601. The maximum atomic E-state index is 13.2.